The summed E-state index contributed by atoms with van der Waals surface area (Å²) < 4.78 is 1.47. The van der Waals surface area contributed by atoms with Crippen LogP contribution in [0.1, 0.15) is 42.4 Å². The van der Waals surface area contributed by atoms with Gasteiger partial charge < -0.3 is 5.32 Å². The van der Waals surface area contributed by atoms with Crippen molar-refractivity contribution in [2.75, 3.05) is 0 Å². The molecule has 3 rings (SSSR count). The van der Waals surface area contributed by atoms with Crippen LogP contribution < -0.4 is 5.32 Å². The first-order valence-corrected chi connectivity index (χ1v) is 9.90. The largest absolute Gasteiger partial charge is 0.348 e. The average molecular weight is 406 g/mol. The van der Waals surface area contributed by atoms with E-state index in [1.807, 2.05) is 52.8 Å². The summed E-state index contributed by atoms with van der Waals surface area (Å²) in [4.78, 5) is 23.8. The highest BCUT2D eigenvalue weighted by molar-refractivity contribution is 5.94. The van der Waals surface area contributed by atoms with Crippen molar-refractivity contribution < 1.29 is 9.72 Å². The number of nitrogens with zero attached hydrogens (tertiary/aromatic N) is 3. The van der Waals surface area contributed by atoms with Crippen LogP contribution in [0.2, 0.25) is 0 Å². The molecule has 2 aromatic carbocycles. The zero-order chi connectivity index (χ0) is 22.0. The van der Waals surface area contributed by atoms with E-state index in [-0.39, 0.29) is 23.6 Å². The van der Waals surface area contributed by atoms with Gasteiger partial charge in [-0.3, -0.25) is 14.9 Å². The van der Waals surface area contributed by atoms with E-state index in [0.717, 1.165) is 11.1 Å². The highest BCUT2D eigenvalue weighted by Crippen LogP contribution is 2.25. The minimum absolute atomic E-state index is 0.0315. The zero-order valence-corrected chi connectivity index (χ0v) is 17.8. The molecule has 1 heterocycles. The van der Waals surface area contributed by atoms with Crippen LogP contribution in [-0.2, 0) is 0 Å². The van der Waals surface area contributed by atoms with Crippen LogP contribution in [0.4, 0.5) is 5.69 Å². The van der Waals surface area contributed by atoms with Crippen molar-refractivity contribution in [1.82, 2.24) is 15.1 Å². The number of hydrogen-bond acceptors (Lipinski definition) is 4. The van der Waals surface area contributed by atoms with Gasteiger partial charge in [-0.1, -0.05) is 32.0 Å². The Hall–Kier alpha value is -3.48. The molecule has 0 saturated carbocycles. The molecule has 0 saturated heterocycles. The van der Waals surface area contributed by atoms with Crippen molar-refractivity contribution in [2.45, 2.75) is 40.7 Å². The summed E-state index contributed by atoms with van der Waals surface area (Å²) in [6.07, 6.45) is 0. The van der Waals surface area contributed by atoms with E-state index < -0.39 is 4.92 Å². The van der Waals surface area contributed by atoms with Crippen molar-refractivity contribution in [3.8, 4) is 16.9 Å². The first-order valence-electron chi connectivity index (χ1n) is 9.90. The van der Waals surface area contributed by atoms with E-state index in [9.17, 15) is 14.9 Å². The van der Waals surface area contributed by atoms with Crippen LogP contribution in [0.5, 0.6) is 0 Å². The number of carbonyl (C=O) groups is 1. The average Bonchev–Trinajstić information content (AvgIpc) is 3.15. The van der Waals surface area contributed by atoms with Crippen molar-refractivity contribution >= 4 is 11.6 Å². The van der Waals surface area contributed by atoms with Gasteiger partial charge in [0.1, 0.15) is 5.69 Å². The quantitative estimate of drug-likeness (QED) is 0.468. The maximum atomic E-state index is 13.0. The second-order valence-corrected chi connectivity index (χ2v) is 7.91. The lowest BCUT2D eigenvalue weighted by atomic mass is 10.0. The lowest BCUT2D eigenvalue weighted by molar-refractivity contribution is -0.384. The molecule has 0 spiro atoms. The molecule has 0 radical (unpaired) electrons. The van der Waals surface area contributed by atoms with Gasteiger partial charge in [0.15, 0.2) is 0 Å². The number of carbonyl (C=O) groups excluding carboxylic acids is 1. The predicted molar refractivity (Wildman–Crippen MR) is 117 cm³/mol. The fourth-order valence-electron chi connectivity index (χ4n) is 2.97. The van der Waals surface area contributed by atoms with Crippen LogP contribution in [0.15, 0.2) is 48.5 Å². The van der Waals surface area contributed by atoms with Gasteiger partial charge >= 0.3 is 0 Å². The fourth-order valence-corrected chi connectivity index (χ4v) is 2.97. The number of hydrogen-bond donors (Lipinski definition) is 1. The highest BCUT2D eigenvalue weighted by Gasteiger charge is 2.21. The van der Waals surface area contributed by atoms with E-state index >= 15 is 0 Å². The van der Waals surface area contributed by atoms with Crippen molar-refractivity contribution in [3.63, 3.8) is 0 Å². The fraction of sp³-hybridized carbons (Fsp3) is 0.304. The second-order valence-electron chi connectivity index (χ2n) is 7.91. The predicted octanol–water partition coefficient (Wildman–Crippen LogP) is 4.84. The Kier molecular flexibility index (Phi) is 6.01. The Morgan fingerprint density at radius 1 is 1.07 bits per heavy atom. The minimum Gasteiger partial charge on any atom is -0.348 e. The molecule has 1 N–H and O–H groups in total. The van der Waals surface area contributed by atoms with Crippen molar-refractivity contribution in [3.05, 3.63) is 75.5 Å². The Morgan fingerprint density at radius 2 is 1.80 bits per heavy atom. The number of benzene rings is 2. The molecule has 3 aromatic rings. The van der Waals surface area contributed by atoms with E-state index in [1.165, 1.54) is 22.4 Å². The first kappa shape index (κ1) is 21.2. The number of nitrogens with one attached hydrogen (secondary N) is 1. The molecule has 1 amide bonds. The van der Waals surface area contributed by atoms with Crippen molar-refractivity contribution in [1.29, 1.82) is 0 Å². The molecular weight excluding hydrogens is 380 g/mol. The normalized spacial score (nSPS) is 12.1. The van der Waals surface area contributed by atoms with E-state index in [1.54, 1.807) is 18.2 Å². The topological polar surface area (TPSA) is 90.1 Å². The summed E-state index contributed by atoms with van der Waals surface area (Å²) in [5.41, 5.74) is 4.54. The lowest BCUT2D eigenvalue weighted by Crippen LogP contribution is -2.37. The molecule has 156 valence electrons. The third-order valence-corrected chi connectivity index (χ3v) is 5.39. The van der Waals surface area contributed by atoms with Crippen LogP contribution >= 0.6 is 0 Å². The molecule has 30 heavy (non-hydrogen) atoms. The first-order chi connectivity index (χ1) is 14.2. The molecule has 0 aliphatic heterocycles. The van der Waals surface area contributed by atoms with Crippen LogP contribution in [-0.4, -0.2) is 26.7 Å². The van der Waals surface area contributed by atoms with Gasteiger partial charge in [-0.15, -0.1) is 0 Å². The monoisotopic (exact) mass is 406 g/mol. The van der Waals surface area contributed by atoms with E-state index in [4.69, 9.17) is 0 Å². The van der Waals surface area contributed by atoms with Crippen LogP contribution in [0.25, 0.3) is 16.9 Å². The number of non-ortho nitro benzene ring substituents is 1. The van der Waals surface area contributed by atoms with E-state index in [0.29, 0.717) is 17.1 Å². The molecule has 1 atom stereocenters. The Morgan fingerprint density at radius 3 is 2.43 bits per heavy atom. The van der Waals surface area contributed by atoms with Crippen LogP contribution in [0.3, 0.4) is 0 Å². The van der Waals surface area contributed by atoms with Gasteiger partial charge in [-0.2, -0.15) is 5.10 Å². The van der Waals surface area contributed by atoms with Gasteiger partial charge in [0.25, 0.3) is 11.6 Å². The highest BCUT2D eigenvalue weighted by atomic mass is 16.6. The second kappa shape index (κ2) is 8.49. The van der Waals surface area contributed by atoms with Gasteiger partial charge in [0, 0.05) is 23.7 Å². The number of nitro benzene ring substituents is 1. The number of aryl methyl sites for hydroxylation is 2. The number of amides is 1. The summed E-state index contributed by atoms with van der Waals surface area (Å²) in [5, 5.41) is 18.8. The number of aromatic nitrogens is 2. The molecule has 7 heteroatoms. The van der Waals surface area contributed by atoms with Crippen molar-refractivity contribution in [2.24, 2.45) is 5.92 Å². The number of rotatable bonds is 6. The third-order valence-electron chi connectivity index (χ3n) is 5.39. The van der Waals surface area contributed by atoms with Gasteiger partial charge in [-0.05, 0) is 56.0 Å². The summed E-state index contributed by atoms with van der Waals surface area (Å²) in [7, 11) is 0. The van der Waals surface area contributed by atoms with Crippen LogP contribution in [0, 0.1) is 29.9 Å². The smallest absolute Gasteiger partial charge is 0.271 e. The zero-order valence-electron chi connectivity index (χ0n) is 17.8. The lowest BCUT2D eigenvalue weighted by Gasteiger charge is -2.17. The van der Waals surface area contributed by atoms with Gasteiger partial charge in [-0.25, -0.2) is 4.68 Å². The molecular formula is C23H26N4O3. The molecule has 0 fully saturated rings. The molecule has 0 aliphatic carbocycles. The molecule has 7 nitrogen and oxygen atoms in total. The molecule has 1 aromatic heterocycles. The molecule has 0 unspecified atom stereocenters. The SMILES string of the molecule is Cc1ccc(-c2cc(C(=O)N[C@@H](C)C(C)C)n(-c3cccc([N+](=O)[O-])c3)n2)cc1C. The number of nitro groups is 1. The summed E-state index contributed by atoms with van der Waals surface area (Å²) in [6, 6.07) is 13.8. The Balaban J connectivity index is 2.12. The summed E-state index contributed by atoms with van der Waals surface area (Å²) in [6.45, 7) is 10.1. The summed E-state index contributed by atoms with van der Waals surface area (Å²) in [5.74, 6) is -0.00681. The van der Waals surface area contributed by atoms with Gasteiger partial charge in [0.05, 0.1) is 16.3 Å². The maximum Gasteiger partial charge on any atom is 0.271 e. The molecule has 0 aliphatic rings. The van der Waals surface area contributed by atoms with E-state index in [2.05, 4.69) is 10.4 Å². The van der Waals surface area contributed by atoms with Gasteiger partial charge in [0.2, 0.25) is 0 Å². The maximum absolute atomic E-state index is 13.0. The third kappa shape index (κ3) is 4.40. The Labute approximate surface area is 175 Å². The minimum atomic E-state index is -0.460. The summed E-state index contributed by atoms with van der Waals surface area (Å²) >= 11 is 0. The molecule has 0 bridgehead atoms. The Bertz CT molecular complexity index is 1100. The standard InChI is InChI=1S/C23H26N4O3/c1-14(2)17(5)24-23(28)22-13-21(18-10-9-15(3)16(4)11-18)25-26(22)19-7-6-8-20(12-19)27(29)30/h6-14,17H,1-5H3,(H,24,28)/t17-/m0/s1.